The third kappa shape index (κ3) is 2.72. The predicted octanol–water partition coefficient (Wildman–Crippen LogP) is 3.38. The number of carbonyl (C=O) groups is 1. The van der Waals surface area contributed by atoms with Gasteiger partial charge in [-0.2, -0.15) is 0 Å². The minimum atomic E-state index is -0.405. The molecular formula is C15H19FN2O. The van der Waals surface area contributed by atoms with Gasteiger partial charge in [0.25, 0.3) is 0 Å². The van der Waals surface area contributed by atoms with Crippen molar-refractivity contribution in [1.29, 1.82) is 0 Å². The maximum absolute atomic E-state index is 13.4. The SMILES string of the molecule is O=C(NC[C@H]1C[C@H]2CC[C@@H]1C2)Nc1ccccc1F. The summed E-state index contributed by atoms with van der Waals surface area (Å²) >= 11 is 0. The zero-order valence-electron chi connectivity index (χ0n) is 10.9. The lowest BCUT2D eigenvalue weighted by atomic mass is 9.89. The molecule has 0 spiro atoms. The minimum Gasteiger partial charge on any atom is -0.338 e. The van der Waals surface area contributed by atoms with Gasteiger partial charge in [0.15, 0.2) is 0 Å². The van der Waals surface area contributed by atoms with Crippen LogP contribution < -0.4 is 10.6 Å². The molecular weight excluding hydrogens is 243 g/mol. The van der Waals surface area contributed by atoms with E-state index in [0.29, 0.717) is 12.5 Å². The van der Waals surface area contributed by atoms with Crippen molar-refractivity contribution in [1.82, 2.24) is 5.32 Å². The van der Waals surface area contributed by atoms with E-state index in [1.54, 1.807) is 18.2 Å². The van der Waals surface area contributed by atoms with Crippen LogP contribution in [-0.4, -0.2) is 12.6 Å². The smallest absolute Gasteiger partial charge is 0.319 e. The highest BCUT2D eigenvalue weighted by Gasteiger charge is 2.39. The monoisotopic (exact) mass is 262 g/mol. The molecule has 0 radical (unpaired) electrons. The molecule has 0 unspecified atom stereocenters. The van der Waals surface area contributed by atoms with Crippen molar-refractivity contribution in [3.05, 3.63) is 30.1 Å². The van der Waals surface area contributed by atoms with E-state index in [0.717, 1.165) is 11.8 Å². The molecule has 0 aromatic heterocycles. The van der Waals surface area contributed by atoms with Gasteiger partial charge >= 0.3 is 6.03 Å². The molecule has 0 heterocycles. The summed E-state index contributed by atoms with van der Waals surface area (Å²) in [4.78, 5) is 11.7. The summed E-state index contributed by atoms with van der Waals surface area (Å²) in [5, 5.41) is 5.42. The minimum absolute atomic E-state index is 0.230. The van der Waals surface area contributed by atoms with E-state index in [9.17, 15) is 9.18 Å². The van der Waals surface area contributed by atoms with Crippen LogP contribution in [0.2, 0.25) is 0 Å². The van der Waals surface area contributed by atoms with Gasteiger partial charge in [0.2, 0.25) is 0 Å². The van der Waals surface area contributed by atoms with Gasteiger partial charge in [-0.1, -0.05) is 18.6 Å². The molecule has 2 N–H and O–H groups in total. The van der Waals surface area contributed by atoms with Crippen LogP contribution in [0.4, 0.5) is 14.9 Å². The summed E-state index contributed by atoms with van der Waals surface area (Å²) in [5.41, 5.74) is 0.230. The number of urea groups is 1. The van der Waals surface area contributed by atoms with Crippen molar-refractivity contribution in [3.63, 3.8) is 0 Å². The number of hydrogen-bond donors (Lipinski definition) is 2. The Labute approximate surface area is 112 Å². The van der Waals surface area contributed by atoms with Gasteiger partial charge in [-0.25, -0.2) is 9.18 Å². The molecule has 3 rings (SSSR count). The maximum atomic E-state index is 13.4. The van der Waals surface area contributed by atoms with E-state index < -0.39 is 5.82 Å². The summed E-state index contributed by atoms with van der Waals surface area (Å²) < 4.78 is 13.4. The Morgan fingerprint density at radius 1 is 1.26 bits per heavy atom. The average Bonchev–Trinajstić information content (AvgIpc) is 3.01. The molecule has 1 aromatic carbocycles. The second-order valence-electron chi connectivity index (χ2n) is 5.75. The summed E-state index contributed by atoms with van der Waals surface area (Å²) in [5.74, 6) is 1.88. The predicted molar refractivity (Wildman–Crippen MR) is 72.4 cm³/mol. The molecule has 19 heavy (non-hydrogen) atoms. The fourth-order valence-corrected chi connectivity index (χ4v) is 3.58. The zero-order valence-corrected chi connectivity index (χ0v) is 10.9. The third-order valence-electron chi connectivity index (χ3n) is 4.53. The van der Waals surface area contributed by atoms with Gasteiger partial charge in [-0.3, -0.25) is 0 Å². The van der Waals surface area contributed by atoms with E-state index in [-0.39, 0.29) is 11.7 Å². The first kappa shape index (κ1) is 12.5. The van der Waals surface area contributed by atoms with E-state index in [1.807, 2.05) is 0 Å². The topological polar surface area (TPSA) is 41.1 Å². The molecule has 3 atom stereocenters. The number of fused-ring (bicyclic) bond motifs is 2. The van der Waals surface area contributed by atoms with E-state index >= 15 is 0 Å². The summed E-state index contributed by atoms with van der Waals surface area (Å²) in [6.45, 7) is 0.710. The third-order valence-corrected chi connectivity index (χ3v) is 4.53. The Bertz CT molecular complexity index is 477. The first-order valence-corrected chi connectivity index (χ1v) is 7.02. The Morgan fingerprint density at radius 3 is 2.79 bits per heavy atom. The molecule has 2 fully saturated rings. The molecule has 2 aliphatic carbocycles. The molecule has 2 saturated carbocycles. The Hall–Kier alpha value is -1.58. The fourth-order valence-electron chi connectivity index (χ4n) is 3.58. The molecule has 2 bridgehead atoms. The second kappa shape index (κ2) is 5.19. The second-order valence-corrected chi connectivity index (χ2v) is 5.75. The van der Waals surface area contributed by atoms with Crippen molar-refractivity contribution in [3.8, 4) is 0 Å². The summed E-state index contributed by atoms with van der Waals surface area (Å²) in [6.07, 6.45) is 5.25. The average molecular weight is 262 g/mol. The highest BCUT2D eigenvalue weighted by molar-refractivity contribution is 5.89. The molecule has 2 aliphatic rings. The van der Waals surface area contributed by atoms with Crippen LogP contribution in [0.15, 0.2) is 24.3 Å². The van der Waals surface area contributed by atoms with Gasteiger partial charge in [0, 0.05) is 6.54 Å². The Kier molecular flexibility index (Phi) is 3.40. The number of para-hydroxylation sites is 1. The molecule has 4 heteroatoms. The number of hydrogen-bond acceptors (Lipinski definition) is 1. The van der Waals surface area contributed by atoms with Crippen LogP contribution in [0.5, 0.6) is 0 Å². The van der Waals surface area contributed by atoms with Crippen LogP contribution in [0.1, 0.15) is 25.7 Å². The maximum Gasteiger partial charge on any atom is 0.319 e. The molecule has 102 valence electrons. The van der Waals surface area contributed by atoms with Gasteiger partial charge in [0.05, 0.1) is 5.69 Å². The molecule has 3 nitrogen and oxygen atoms in total. The zero-order chi connectivity index (χ0) is 13.2. The van der Waals surface area contributed by atoms with E-state index in [1.165, 1.54) is 31.7 Å². The number of rotatable bonds is 3. The summed E-state index contributed by atoms with van der Waals surface area (Å²) in [7, 11) is 0. The first-order valence-electron chi connectivity index (χ1n) is 7.02. The molecule has 0 aliphatic heterocycles. The lowest BCUT2D eigenvalue weighted by Gasteiger charge is -2.21. The van der Waals surface area contributed by atoms with Crippen molar-refractivity contribution < 1.29 is 9.18 Å². The number of anilines is 1. The van der Waals surface area contributed by atoms with Gasteiger partial charge in [-0.15, -0.1) is 0 Å². The van der Waals surface area contributed by atoms with Crippen molar-refractivity contribution in [2.45, 2.75) is 25.7 Å². The van der Waals surface area contributed by atoms with Crippen molar-refractivity contribution in [2.75, 3.05) is 11.9 Å². The highest BCUT2D eigenvalue weighted by Crippen LogP contribution is 2.47. The van der Waals surface area contributed by atoms with Gasteiger partial charge in [-0.05, 0) is 49.1 Å². The quantitative estimate of drug-likeness (QED) is 0.861. The fraction of sp³-hybridized carbons (Fsp3) is 0.533. The summed E-state index contributed by atoms with van der Waals surface area (Å²) in [6, 6.07) is 5.90. The lowest BCUT2D eigenvalue weighted by Crippen LogP contribution is -2.34. The lowest BCUT2D eigenvalue weighted by molar-refractivity contribution is 0.245. The van der Waals surface area contributed by atoms with E-state index in [2.05, 4.69) is 10.6 Å². The highest BCUT2D eigenvalue weighted by atomic mass is 19.1. The van der Waals surface area contributed by atoms with Crippen LogP contribution >= 0.6 is 0 Å². The standard InChI is InChI=1S/C15H19FN2O/c16-13-3-1-2-4-14(13)18-15(19)17-9-12-8-10-5-6-11(12)7-10/h1-4,10-12H,5-9H2,(H2,17,18,19)/t10-,11+,12+/m0/s1. The van der Waals surface area contributed by atoms with Gasteiger partial charge < -0.3 is 10.6 Å². The van der Waals surface area contributed by atoms with Crippen LogP contribution in [-0.2, 0) is 0 Å². The molecule has 0 saturated heterocycles. The number of carbonyl (C=O) groups excluding carboxylic acids is 1. The van der Waals surface area contributed by atoms with Crippen LogP contribution in [0.3, 0.4) is 0 Å². The van der Waals surface area contributed by atoms with Crippen molar-refractivity contribution >= 4 is 11.7 Å². The number of halogens is 1. The number of nitrogens with one attached hydrogen (secondary N) is 2. The number of benzene rings is 1. The first-order chi connectivity index (χ1) is 9.22. The van der Waals surface area contributed by atoms with Crippen LogP contribution in [0, 0.1) is 23.6 Å². The molecule has 2 amide bonds. The normalized spacial score (nSPS) is 28.4. The Morgan fingerprint density at radius 2 is 2.11 bits per heavy atom. The van der Waals surface area contributed by atoms with Crippen molar-refractivity contribution in [2.24, 2.45) is 17.8 Å². The van der Waals surface area contributed by atoms with Gasteiger partial charge in [0.1, 0.15) is 5.82 Å². The largest absolute Gasteiger partial charge is 0.338 e. The Balaban J connectivity index is 1.48. The van der Waals surface area contributed by atoms with Crippen LogP contribution in [0.25, 0.3) is 0 Å². The number of amides is 2. The van der Waals surface area contributed by atoms with E-state index in [4.69, 9.17) is 0 Å². The molecule has 1 aromatic rings.